The number of halogens is 1. The number of carbonyl (C=O) groups is 2. The Morgan fingerprint density at radius 2 is 1.58 bits per heavy atom. The van der Waals surface area contributed by atoms with E-state index in [1.54, 1.807) is 36.4 Å². The van der Waals surface area contributed by atoms with Crippen molar-refractivity contribution in [2.24, 2.45) is 0 Å². The number of amides is 2. The molecule has 2 rings (SSSR count). The summed E-state index contributed by atoms with van der Waals surface area (Å²) in [5, 5.41) is 5.31. The number of rotatable bonds is 5. The van der Waals surface area contributed by atoms with Gasteiger partial charge in [-0.05, 0) is 49.4 Å². The van der Waals surface area contributed by atoms with Crippen molar-refractivity contribution in [3.05, 3.63) is 47.5 Å². The Balaban J connectivity index is 1.96. The van der Waals surface area contributed by atoms with Crippen LogP contribution in [-0.2, 0) is 9.59 Å². The highest BCUT2D eigenvalue weighted by Gasteiger charge is 2.15. The Morgan fingerprint density at radius 3 is 2.12 bits per heavy atom. The molecule has 0 aliphatic rings. The van der Waals surface area contributed by atoms with Crippen LogP contribution in [0.5, 0.6) is 11.5 Å². The molecule has 6 nitrogen and oxygen atoms in total. The molecule has 0 radical (unpaired) electrons. The number of nitrogens with one attached hydrogen (secondary N) is 2. The molecule has 24 heavy (non-hydrogen) atoms. The summed E-state index contributed by atoms with van der Waals surface area (Å²) in [6, 6.07) is 11.4. The van der Waals surface area contributed by atoms with Crippen molar-refractivity contribution in [3.63, 3.8) is 0 Å². The highest BCUT2D eigenvalue weighted by Crippen LogP contribution is 2.27. The van der Waals surface area contributed by atoms with Crippen molar-refractivity contribution in [3.8, 4) is 11.5 Å². The van der Waals surface area contributed by atoms with Gasteiger partial charge in [-0.1, -0.05) is 11.6 Å². The zero-order valence-electron chi connectivity index (χ0n) is 13.3. The van der Waals surface area contributed by atoms with Gasteiger partial charge in [0, 0.05) is 11.4 Å². The first-order valence-corrected chi connectivity index (χ1v) is 7.60. The van der Waals surface area contributed by atoms with Crippen LogP contribution in [-0.4, -0.2) is 25.5 Å². The Kier molecular flexibility index (Phi) is 6.03. The molecule has 0 fully saturated rings. The predicted molar refractivity (Wildman–Crippen MR) is 92.9 cm³/mol. The molecule has 0 bridgehead atoms. The van der Waals surface area contributed by atoms with Crippen LogP contribution >= 0.6 is 11.6 Å². The molecular weight excluding hydrogens is 332 g/mol. The summed E-state index contributed by atoms with van der Waals surface area (Å²) in [6.45, 7) is 2.43. The highest BCUT2D eigenvalue weighted by atomic mass is 35.5. The third kappa shape index (κ3) is 4.63. The molecule has 0 heterocycles. The van der Waals surface area contributed by atoms with Gasteiger partial charge in [0.05, 0.1) is 18.7 Å². The summed E-state index contributed by atoms with van der Waals surface area (Å²) in [7, 11) is 1.49. The van der Waals surface area contributed by atoms with Crippen molar-refractivity contribution >= 4 is 34.8 Å². The molecule has 2 amide bonds. The number of ether oxygens (including phenoxy) is 2. The predicted octanol–water partition coefficient (Wildman–Crippen LogP) is 3.32. The maximum Gasteiger partial charge on any atom is 0.314 e. The lowest BCUT2D eigenvalue weighted by Gasteiger charge is -2.09. The van der Waals surface area contributed by atoms with Gasteiger partial charge >= 0.3 is 11.8 Å². The first kappa shape index (κ1) is 17.6. The summed E-state index contributed by atoms with van der Waals surface area (Å²) in [5.74, 6) is -0.419. The quantitative estimate of drug-likeness (QED) is 0.813. The van der Waals surface area contributed by atoms with E-state index in [-0.39, 0.29) is 0 Å². The number of carbonyl (C=O) groups excluding carboxylic acids is 2. The fourth-order valence-corrected chi connectivity index (χ4v) is 2.18. The lowest BCUT2D eigenvalue weighted by molar-refractivity contribution is -0.132. The minimum Gasteiger partial charge on any atom is -0.495 e. The smallest absolute Gasteiger partial charge is 0.314 e. The van der Waals surface area contributed by atoms with Crippen molar-refractivity contribution in [2.45, 2.75) is 6.92 Å². The van der Waals surface area contributed by atoms with E-state index in [0.717, 1.165) is 0 Å². The average Bonchev–Trinajstić information content (AvgIpc) is 2.57. The summed E-state index contributed by atoms with van der Waals surface area (Å²) >= 11 is 5.97. The average molecular weight is 349 g/mol. The first-order valence-electron chi connectivity index (χ1n) is 7.22. The monoisotopic (exact) mass is 348 g/mol. The number of methoxy groups -OCH3 is 1. The van der Waals surface area contributed by atoms with Gasteiger partial charge in [-0.3, -0.25) is 9.59 Å². The van der Waals surface area contributed by atoms with Crippen LogP contribution in [0.25, 0.3) is 0 Å². The van der Waals surface area contributed by atoms with Gasteiger partial charge < -0.3 is 20.1 Å². The van der Waals surface area contributed by atoms with Crippen LogP contribution < -0.4 is 20.1 Å². The third-order valence-corrected chi connectivity index (χ3v) is 3.33. The van der Waals surface area contributed by atoms with Gasteiger partial charge in [0.2, 0.25) is 0 Å². The fraction of sp³-hybridized carbons (Fsp3) is 0.176. The summed E-state index contributed by atoms with van der Waals surface area (Å²) in [4.78, 5) is 23.9. The molecule has 0 aliphatic carbocycles. The van der Waals surface area contributed by atoms with E-state index >= 15 is 0 Å². The molecule has 0 aliphatic heterocycles. The molecule has 0 saturated heterocycles. The summed E-state index contributed by atoms with van der Waals surface area (Å²) in [5.41, 5.74) is 0.888. The fourth-order valence-electron chi connectivity index (χ4n) is 1.92. The second kappa shape index (κ2) is 8.21. The van der Waals surface area contributed by atoms with E-state index in [2.05, 4.69) is 10.6 Å². The van der Waals surface area contributed by atoms with E-state index < -0.39 is 11.8 Å². The van der Waals surface area contributed by atoms with Gasteiger partial charge in [0.1, 0.15) is 11.5 Å². The summed E-state index contributed by atoms with van der Waals surface area (Å²) in [6.07, 6.45) is 0. The Hall–Kier alpha value is -2.73. The molecule has 2 aromatic carbocycles. The molecule has 2 N–H and O–H groups in total. The molecule has 0 atom stereocenters. The van der Waals surface area contributed by atoms with Gasteiger partial charge in [-0.25, -0.2) is 0 Å². The second-order valence-corrected chi connectivity index (χ2v) is 5.12. The second-order valence-electron chi connectivity index (χ2n) is 4.71. The highest BCUT2D eigenvalue weighted by molar-refractivity contribution is 6.43. The maximum absolute atomic E-state index is 11.9. The van der Waals surface area contributed by atoms with Crippen LogP contribution in [0.15, 0.2) is 42.5 Å². The minimum absolute atomic E-state index is 0.335. The van der Waals surface area contributed by atoms with Gasteiger partial charge in [-0.2, -0.15) is 0 Å². The van der Waals surface area contributed by atoms with Crippen LogP contribution in [0, 0.1) is 0 Å². The number of hydrogen-bond acceptors (Lipinski definition) is 4. The molecule has 0 aromatic heterocycles. The lowest BCUT2D eigenvalue weighted by atomic mass is 10.3. The Bertz CT molecular complexity index is 732. The van der Waals surface area contributed by atoms with E-state index in [1.807, 2.05) is 6.92 Å². The van der Waals surface area contributed by atoms with E-state index in [9.17, 15) is 9.59 Å². The third-order valence-electron chi connectivity index (χ3n) is 3.04. The van der Waals surface area contributed by atoms with E-state index in [1.165, 1.54) is 13.2 Å². The van der Waals surface area contributed by atoms with Gasteiger partial charge in [0.25, 0.3) is 0 Å². The van der Waals surface area contributed by atoms with Crippen LogP contribution in [0.3, 0.4) is 0 Å². The van der Waals surface area contributed by atoms with Crippen LogP contribution in [0.2, 0.25) is 5.02 Å². The van der Waals surface area contributed by atoms with Crippen LogP contribution in [0.4, 0.5) is 11.4 Å². The maximum atomic E-state index is 11.9. The van der Waals surface area contributed by atoms with Gasteiger partial charge in [-0.15, -0.1) is 0 Å². The van der Waals surface area contributed by atoms with Crippen molar-refractivity contribution in [1.29, 1.82) is 0 Å². The Labute approximate surface area is 144 Å². The normalized spacial score (nSPS) is 9.96. The Morgan fingerprint density at radius 1 is 1.00 bits per heavy atom. The number of hydrogen-bond donors (Lipinski definition) is 2. The molecule has 7 heteroatoms. The van der Waals surface area contributed by atoms with Crippen molar-refractivity contribution < 1.29 is 19.1 Å². The number of benzene rings is 2. The van der Waals surface area contributed by atoms with Gasteiger partial charge in [0.15, 0.2) is 0 Å². The largest absolute Gasteiger partial charge is 0.495 e. The molecule has 0 saturated carbocycles. The molecule has 126 valence electrons. The first-order chi connectivity index (χ1) is 11.5. The topological polar surface area (TPSA) is 76.7 Å². The lowest BCUT2D eigenvalue weighted by Crippen LogP contribution is -2.29. The molecular formula is C17H17ClN2O4. The SMILES string of the molecule is CCOc1ccc(NC(=O)C(=O)Nc2ccc(OC)c(Cl)c2)cc1. The number of anilines is 2. The minimum atomic E-state index is -0.801. The molecule has 0 spiro atoms. The molecule has 2 aromatic rings. The van der Waals surface area contributed by atoms with E-state index in [0.29, 0.717) is 34.5 Å². The standard InChI is InChI=1S/C17H17ClN2O4/c1-3-24-13-7-4-11(5-8-13)19-16(21)17(22)20-12-6-9-15(23-2)14(18)10-12/h4-10H,3H2,1-2H3,(H,19,21)(H,20,22). The summed E-state index contributed by atoms with van der Waals surface area (Å²) < 4.78 is 10.3. The molecule has 0 unspecified atom stereocenters. The van der Waals surface area contributed by atoms with Crippen LogP contribution in [0.1, 0.15) is 6.92 Å². The van der Waals surface area contributed by atoms with E-state index in [4.69, 9.17) is 21.1 Å². The zero-order chi connectivity index (χ0) is 17.5. The van der Waals surface area contributed by atoms with Crippen molar-refractivity contribution in [1.82, 2.24) is 0 Å². The zero-order valence-corrected chi connectivity index (χ0v) is 14.0. The van der Waals surface area contributed by atoms with Crippen molar-refractivity contribution in [2.75, 3.05) is 24.4 Å².